The predicted molar refractivity (Wildman–Crippen MR) is 59.3 cm³/mol. The molecule has 0 aromatic heterocycles. The van der Waals surface area contributed by atoms with E-state index in [-0.39, 0.29) is 0 Å². The Morgan fingerprint density at radius 2 is 1.93 bits per heavy atom. The summed E-state index contributed by atoms with van der Waals surface area (Å²) >= 11 is 0. The maximum atomic E-state index is 8.39. The molecule has 1 aromatic rings. The van der Waals surface area contributed by atoms with Crippen molar-refractivity contribution >= 4 is 5.69 Å². The second-order valence-corrected chi connectivity index (χ2v) is 3.46. The molecule has 1 aromatic carbocycles. The molecule has 0 saturated carbocycles. The van der Waals surface area contributed by atoms with Crippen molar-refractivity contribution in [1.29, 1.82) is 5.26 Å². The Balaban J connectivity index is 2.54. The van der Waals surface area contributed by atoms with Gasteiger partial charge in [-0.2, -0.15) is 5.26 Å². The molecule has 2 nitrogen and oxygen atoms in total. The van der Waals surface area contributed by atoms with Crippen molar-refractivity contribution in [3.05, 3.63) is 29.3 Å². The number of nitrogens with zero attached hydrogens (tertiary/aromatic N) is 1. The highest BCUT2D eigenvalue weighted by Gasteiger charge is 1.99. The monoisotopic (exact) mass is 188 g/mol. The molecule has 0 aliphatic heterocycles. The first-order valence-corrected chi connectivity index (χ1v) is 4.92. The van der Waals surface area contributed by atoms with Gasteiger partial charge in [0.15, 0.2) is 0 Å². The minimum absolute atomic E-state index is 0.623. The topological polar surface area (TPSA) is 35.8 Å². The first-order valence-electron chi connectivity index (χ1n) is 4.92. The molecule has 0 bridgehead atoms. The second kappa shape index (κ2) is 5.29. The molecule has 2 heteroatoms. The number of para-hydroxylation sites is 1. The maximum absolute atomic E-state index is 8.39. The summed E-state index contributed by atoms with van der Waals surface area (Å²) in [5.74, 6) is 0. The number of hydrogen-bond acceptors (Lipinski definition) is 2. The molecule has 1 N–H and O–H groups in total. The van der Waals surface area contributed by atoms with Crippen LogP contribution >= 0.6 is 0 Å². The first-order chi connectivity index (χ1) is 6.75. The van der Waals surface area contributed by atoms with Crippen molar-refractivity contribution < 1.29 is 0 Å². The first kappa shape index (κ1) is 10.6. The van der Waals surface area contributed by atoms with E-state index >= 15 is 0 Å². The molecule has 0 saturated heterocycles. The van der Waals surface area contributed by atoms with Gasteiger partial charge in [0.05, 0.1) is 6.07 Å². The fourth-order valence-electron chi connectivity index (χ4n) is 1.47. The summed E-state index contributed by atoms with van der Waals surface area (Å²) in [6.45, 7) is 5.07. The number of nitriles is 1. The number of anilines is 1. The molecule has 0 aliphatic rings. The fourth-order valence-corrected chi connectivity index (χ4v) is 1.47. The highest BCUT2D eigenvalue weighted by atomic mass is 14.9. The van der Waals surface area contributed by atoms with Crippen LogP contribution in [-0.2, 0) is 0 Å². The molecule has 1 rings (SSSR count). The second-order valence-electron chi connectivity index (χ2n) is 3.46. The van der Waals surface area contributed by atoms with E-state index in [9.17, 15) is 0 Å². The van der Waals surface area contributed by atoms with Crippen LogP contribution in [0.25, 0.3) is 0 Å². The summed E-state index contributed by atoms with van der Waals surface area (Å²) in [5, 5.41) is 11.8. The maximum Gasteiger partial charge on any atom is 0.0622 e. The van der Waals surface area contributed by atoms with Crippen LogP contribution in [-0.4, -0.2) is 6.54 Å². The summed E-state index contributed by atoms with van der Waals surface area (Å²) in [6, 6.07) is 8.40. The lowest BCUT2D eigenvalue weighted by atomic mass is 10.1. The van der Waals surface area contributed by atoms with Gasteiger partial charge in [0, 0.05) is 18.7 Å². The van der Waals surface area contributed by atoms with Crippen LogP contribution in [0, 0.1) is 25.2 Å². The third-order valence-corrected chi connectivity index (χ3v) is 2.25. The normalized spacial score (nSPS) is 9.50. The lowest BCUT2D eigenvalue weighted by Crippen LogP contribution is -2.04. The van der Waals surface area contributed by atoms with E-state index in [4.69, 9.17) is 5.26 Å². The third-order valence-electron chi connectivity index (χ3n) is 2.25. The summed E-state index contributed by atoms with van der Waals surface area (Å²) in [7, 11) is 0. The van der Waals surface area contributed by atoms with Gasteiger partial charge in [-0.15, -0.1) is 0 Å². The van der Waals surface area contributed by atoms with Gasteiger partial charge >= 0.3 is 0 Å². The lowest BCUT2D eigenvalue weighted by Gasteiger charge is -2.11. The van der Waals surface area contributed by atoms with Gasteiger partial charge in [0.2, 0.25) is 0 Å². The molecule has 0 unspecified atom stereocenters. The molecular formula is C12H16N2. The lowest BCUT2D eigenvalue weighted by molar-refractivity contribution is 0.895. The van der Waals surface area contributed by atoms with Crippen molar-refractivity contribution in [3.63, 3.8) is 0 Å². The zero-order valence-corrected chi connectivity index (χ0v) is 8.80. The van der Waals surface area contributed by atoms with E-state index in [0.717, 1.165) is 13.0 Å². The van der Waals surface area contributed by atoms with E-state index in [2.05, 4.69) is 43.4 Å². The van der Waals surface area contributed by atoms with Crippen molar-refractivity contribution in [2.24, 2.45) is 0 Å². The molecule has 0 amide bonds. The third kappa shape index (κ3) is 2.77. The van der Waals surface area contributed by atoms with Crippen LogP contribution < -0.4 is 5.32 Å². The van der Waals surface area contributed by atoms with Gasteiger partial charge in [0.25, 0.3) is 0 Å². The van der Waals surface area contributed by atoms with Crippen LogP contribution in [0.2, 0.25) is 0 Å². The van der Waals surface area contributed by atoms with Crippen LogP contribution in [0.5, 0.6) is 0 Å². The minimum Gasteiger partial charge on any atom is -0.385 e. The Hall–Kier alpha value is -1.49. The van der Waals surface area contributed by atoms with Crippen LogP contribution in [0.3, 0.4) is 0 Å². The Morgan fingerprint density at radius 3 is 2.50 bits per heavy atom. The Kier molecular flexibility index (Phi) is 4.00. The van der Waals surface area contributed by atoms with E-state index in [1.54, 1.807) is 0 Å². The number of nitrogens with one attached hydrogen (secondary N) is 1. The number of hydrogen-bond donors (Lipinski definition) is 1. The molecule has 0 radical (unpaired) electrons. The van der Waals surface area contributed by atoms with E-state index < -0.39 is 0 Å². The van der Waals surface area contributed by atoms with Crippen LogP contribution in [0.15, 0.2) is 18.2 Å². The van der Waals surface area contributed by atoms with Crippen molar-refractivity contribution in [3.8, 4) is 6.07 Å². The Labute approximate surface area is 85.6 Å². The van der Waals surface area contributed by atoms with E-state index in [0.29, 0.717) is 6.42 Å². The number of benzene rings is 1. The van der Waals surface area contributed by atoms with E-state index in [1.165, 1.54) is 16.8 Å². The van der Waals surface area contributed by atoms with Crippen molar-refractivity contribution in [2.45, 2.75) is 26.7 Å². The summed E-state index contributed by atoms with van der Waals surface area (Å²) in [4.78, 5) is 0. The average Bonchev–Trinajstić information content (AvgIpc) is 2.16. The molecule has 0 spiro atoms. The minimum atomic E-state index is 0.623. The molecule has 0 fully saturated rings. The van der Waals surface area contributed by atoms with Crippen LogP contribution in [0.4, 0.5) is 5.69 Å². The van der Waals surface area contributed by atoms with Gasteiger partial charge in [-0.1, -0.05) is 18.2 Å². The van der Waals surface area contributed by atoms with Crippen molar-refractivity contribution in [2.75, 3.05) is 11.9 Å². The largest absolute Gasteiger partial charge is 0.385 e. The van der Waals surface area contributed by atoms with Gasteiger partial charge in [-0.05, 0) is 31.4 Å². The quantitative estimate of drug-likeness (QED) is 0.737. The highest BCUT2D eigenvalue weighted by Crippen LogP contribution is 2.19. The average molecular weight is 188 g/mol. The predicted octanol–water partition coefficient (Wildman–Crippen LogP) is 3.02. The highest BCUT2D eigenvalue weighted by molar-refractivity contribution is 5.56. The SMILES string of the molecule is Cc1cccc(C)c1NCCCC#N. The van der Waals surface area contributed by atoms with Gasteiger partial charge in [-0.25, -0.2) is 0 Å². The summed E-state index contributed by atoms with van der Waals surface area (Å²) in [6.07, 6.45) is 1.53. The molecule has 74 valence electrons. The van der Waals surface area contributed by atoms with Gasteiger partial charge in [0.1, 0.15) is 0 Å². The number of aryl methyl sites for hydroxylation is 2. The van der Waals surface area contributed by atoms with Gasteiger partial charge < -0.3 is 5.32 Å². The zero-order valence-electron chi connectivity index (χ0n) is 8.80. The molecule has 0 aliphatic carbocycles. The fraction of sp³-hybridized carbons (Fsp3) is 0.417. The smallest absolute Gasteiger partial charge is 0.0622 e. The van der Waals surface area contributed by atoms with E-state index in [1.807, 2.05) is 0 Å². The zero-order chi connectivity index (χ0) is 10.4. The standard InChI is InChI=1S/C12H16N2/c1-10-6-5-7-11(2)12(10)14-9-4-3-8-13/h5-7,14H,3-4,9H2,1-2H3. The van der Waals surface area contributed by atoms with Gasteiger partial charge in [-0.3, -0.25) is 0 Å². The summed E-state index contributed by atoms with van der Waals surface area (Å²) < 4.78 is 0. The Bertz CT molecular complexity index is 316. The molecule has 0 heterocycles. The molecule has 0 atom stereocenters. The Morgan fingerprint density at radius 1 is 1.29 bits per heavy atom. The molecule has 14 heavy (non-hydrogen) atoms. The number of unbranched alkanes of at least 4 members (excludes halogenated alkanes) is 1. The number of rotatable bonds is 4. The summed E-state index contributed by atoms with van der Waals surface area (Å²) in [5.41, 5.74) is 3.74. The molecular weight excluding hydrogens is 172 g/mol. The van der Waals surface area contributed by atoms with Crippen molar-refractivity contribution in [1.82, 2.24) is 0 Å². The van der Waals surface area contributed by atoms with Crippen LogP contribution in [0.1, 0.15) is 24.0 Å².